The SMILES string of the molecule is CCCC[C](CCCC)(CCCC)[Sn][c]1c(I)ncn1C. The van der Waals surface area contributed by atoms with Crippen LogP contribution < -0.4 is 3.71 Å². The van der Waals surface area contributed by atoms with Crippen LogP contribution in [0.2, 0.25) is 3.43 Å². The van der Waals surface area contributed by atoms with Crippen LogP contribution in [-0.2, 0) is 7.05 Å². The van der Waals surface area contributed by atoms with Crippen LogP contribution >= 0.6 is 22.6 Å². The molecule has 0 atom stereocenters. The summed E-state index contributed by atoms with van der Waals surface area (Å²) in [5.41, 5.74) is 0. The van der Waals surface area contributed by atoms with Gasteiger partial charge in [-0.05, 0) is 0 Å². The molecule has 0 bridgehead atoms. The summed E-state index contributed by atoms with van der Waals surface area (Å²) in [7, 11) is 2.19. The number of halogens is 1. The van der Waals surface area contributed by atoms with Crippen molar-refractivity contribution in [3.8, 4) is 0 Å². The second-order valence-corrected chi connectivity index (χ2v) is 12.3. The molecule has 0 unspecified atom stereocenters. The van der Waals surface area contributed by atoms with Crippen molar-refractivity contribution in [1.29, 1.82) is 0 Å². The molecular formula is C17H31IN2Sn. The third-order valence-corrected chi connectivity index (χ3v) is 12.6. The molecule has 0 spiro atoms. The average molecular weight is 509 g/mol. The first kappa shape index (κ1) is 19.8. The van der Waals surface area contributed by atoms with Gasteiger partial charge in [0.15, 0.2) is 0 Å². The third-order valence-electron chi connectivity index (χ3n) is 4.30. The van der Waals surface area contributed by atoms with E-state index in [0.29, 0.717) is 3.43 Å². The topological polar surface area (TPSA) is 17.8 Å². The normalized spacial score (nSPS) is 12.0. The molecule has 120 valence electrons. The van der Waals surface area contributed by atoms with Gasteiger partial charge in [0, 0.05) is 0 Å². The molecule has 0 aliphatic rings. The number of unbranched alkanes of at least 4 members (excludes halogenated alkanes) is 3. The number of rotatable bonds is 11. The van der Waals surface area contributed by atoms with Gasteiger partial charge in [-0.15, -0.1) is 0 Å². The minimum absolute atomic E-state index is 0.623. The van der Waals surface area contributed by atoms with Gasteiger partial charge in [-0.25, -0.2) is 0 Å². The van der Waals surface area contributed by atoms with Crippen molar-refractivity contribution in [2.45, 2.75) is 82.0 Å². The van der Waals surface area contributed by atoms with Crippen LogP contribution in [0.25, 0.3) is 0 Å². The Kier molecular flexibility index (Phi) is 9.89. The first-order valence-electron chi connectivity index (χ1n) is 8.53. The fourth-order valence-electron chi connectivity index (χ4n) is 2.90. The Labute approximate surface area is 155 Å². The second-order valence-electron chi connectivity index (χ2n) is 6.21. The van der Waals surface area contributed by atoms with Gasteiger partial charge in [-0.1, -0.05) is 0 Å². The van der Waals surface area contributed by atoms with E-state index in [1.54, 1.807) is 3.71 Å². The monoisotopic (exact) mass is 510 g/mol. The number of nitrogens with zero attached hydrogens (tertiary/aromatic N) is 2. The van der Waals surface area contributed by atoms with Gasteiger partial charge in [-0.3, -0.25) is 0 Å². The Morgan fingerprint density at radius 1 is 1.05 bits per heavy atom. The molecule has 0 aliphatic carbocycles. The number of hydrogen-bond acceptors (Lipinski definition) is 1. The first-order chi connectivity index (χ1) is 10.1. The fourth-order valence-corrected chi connectivity index (χ4v) is 9.47. The molecule has 0 saturated heterocycles. The zero-order valence-electron chi connectivity index (χ0n) is 14.2. The van der Waals surface area contributed by atoms with Gasteiger partial charge < -0.3 is 0 Å². The molecule has 0 saturated carbocycles. The molecule has 2 radical (unpaired) electrons. The fraction of sp³-hybridized carbons (Fsp3) is 0.824. The molecular weight excluding hydrogens is 478 g/mol. The van der Waals surface area contributed by atoms with Crippen molar-refractivity contribution in [1.82, 2.24) is 9.55 Å². The first-order valence-corrected chi connectivity index (χ1v) is 12.5. The molecule has 1 aromatic rings. The van der Waals surface area contributed by atoms with E-state index in [1.807, 2.05) is 6.33 Å². The van der Waals surface area contributed by atoms with Gasteiger partial charge in [0.1, 0.15) is 0 Å². The molecule has 0 N–H and O–H groups in total. The molecule has 1 rings (SSSR count). The van der Waals surface area contributed by atoms with Gasteiger partial charge >= 0.3 is 156 Å². The van der Waals surface area contributed by atoms with Crippen LogP contribution in [0.1, 0.15) is 78.6 Å². The van der Waals surface area contributed by atoms with E-state index in [-0.39, 0.29) is 0 Å². The van der Waals surface area contributed by atoms with Gasteiger partial charge in [-0.2, -0.15) is 0 Å². The van der Waals surface area contributed by atoms with Gasteiger partial charge in [0.25, 0.3) is 0 Å². The van der Waals surface area contributed by atoms with E-state index >= 15 is 0 Å². The quantitative estimate of drug-likeness (QED) is 0.301. The van der Waals surface area contributed by atoms with Crippen molar-refractivity contribution in [2.24, 2.45) is 7.05 Å². The summed E-state index contributed by atoms with van der Waals surface area (Å²) in [5, 5.41) is 0. The summed E-state index contributed by atoms with van der Waals surface area (Å²) in [6, 6.07) is 0. The zero-order valence-corrected chi connectivity index (χ0v) is 19.2. The Balaban J connectivity index is 2.94. The van der Waals surface area contributed by atoms with E-state index in [2.05, 4.69) is 60.0 Å². The molecule has 4 heteroatoms. The summed E-state index contributed by atoms with van der Waals surface area (Å²) in [4.78, 5) is 4.53. The molecule has 0 aromatic carbocycles. The zero-order chi connectivity index (χ0) is 15.7. The summed E-state index contributed by atoms with van der Waals surface area (Å²) < 4.78 is 5.86. The average Bonchev–Trinajstić information content (AvgIpc) is 2.80. The minimum atomic E-state index is -0.623. The Morgan fingerprint density at radius 3 is 1.86 bits per heavy atom. The molecule has 0 amide bonds. The molecule has 21 heavy (non-hydrogen) atoms. The standard InChI is InChI=1S/C13H27.C4H4IN2.Sn/c1-4-7-10-13(11-8-5-2)12-9-6-3;1-7-2-4(5)6-3-7;/h4-12H2,1-3H3;3H,1H3;. The van der Waals surface area contributed by atoms with E-state index < -0.39 is 21.1 Å². The van der Waals surface area contributed by atoms with Crippen molar-refractivity contribution in [2.75, 3.05) is 0 Å². The molecule has 1 aromatic heterocycles. The number of aryl methyl sites for hydroxylation is 1. The predicted octanol–water partition coefficient (Wildman–Crippen LogP) is 5.08. The summed E-state index contributed by atoms with van der Waals surface area (Å²) in [6.45, 7) is 7.01. The summed E-state index contributed by atoms with van der Waals surface area (Å²) >= 11 is 1.82. The third kappa shape index (κ3) is 6.40. The van der Waals surface area contributed by atoms with Crippen LogP contribution in [0.3, 0.4) is 0 Å². The number of imidazole rings is 1. The van der Waals surface area contributed by atoms with Crippen LogP contribution in [-0.4, -0.2) is 30.7 Å². The van der Waals surface area contributed by atoms with E-state index in [9.17, 15) is 0 Å². The van der Waals surface area contributed by atoms with E-state index in [4.69, 9.17) is 0 Å². The predicted molar refractivity (Wildman–Crippen MR) is 103 cm³/mol. The van der Waals surface area contributed by atoms with E-state index in [0.717, 1.165) is 0 Å². The summed E-state index contributed by atoms with van der Waals surface area (Å²) in [5.74, 6) is 0. The molecule has 1 heterocycles. The Bertz CT molecular complexity index is 362. The number of aromatic nitrogens is 2. The van der Waals surface area contributed by atoms with Crippen molar-refractivity contribution < 1.29 is 0 Å². The van der Waals surface area contributed by atoms with Crippen molar-refractivity contribution in [3.05, 3.63) is 10.0 Å². The molecule has 2 nitrogen and oxygen atoms in total. The van der Waals surface area contributed by atoms with Gasteiger partial charge in [0.2, 0.25) is 0 Å². The van der Waals surface area contributed by atoms with Crippen LogP contribution in [0.4, 0.5) is 0 Å². The molecule has 0 fully saturated rings. The van der Waals surface area contributed by atoms with Crippen LogP contribution in [0.15, 0.2) is 6.33 Å². The molecule has 0 aliphatic heterocycles. The van der Waals surface area contributed by atoms with Crippen LogP contribution in [0.5, 0.6) is 0 Å². The van der Waals surface area contributed by atoms with Gasteiger partial charge in [0.05, 0.1) is 0 Å². The van der Waals surface area contributed by atoms with E-state index in [1.165, 1.54) is 61.5 Å². The maximum absolute atomic E-state index is 4.53. The summed E-state index contributed by atoms with van der Waals surface area (Å²) in [6.07, 6.45) is 14.6. The Morgan fingerprint density at radius 2 is 1.52 bits per heavy atom. The second kappa shape index (κ2) is 10.5. The maximum atomic E-state index is 4.53. The van der Waals surface area contributed by atoms with Crippen molar-refractivity contribution >= 4 is 47.4 Å². The number of hydrogen-bond donors (Lipinski definition) is 0. The van der Waals surface area contributed by atoms with Crippen molar-refractivity contribution in [3.63, 3.8) is 0 Å². The van der Waals surface area contributed by atoms with Crippen LogP contribution in [0, 0.1) is 3.70 Å². The Hall–Kier alpha value is 0.739.